The van der Waals surface area contributed by atoms with Crippen LogP contribution >= 0.6 is 0 Å². The fourth-order valence-electron chi connectivity index (χ4n) is 4.39. The van der Waals surface area contributed by atoms with Crippen LogP contribution in [0, 0.1) is 0 Å². The van der Waals surface area contributed by atoms with E-state index in [-0.39, 0.29) is 5.41 Å². The van der Waals surface area contributed by atoms with Crippen LogP contribution in [0.15, 0.2) is 72.8 Å². The normalized spacial score (nSPS) is 14.2. The third-order valence-corrected chi connectivity index (χ3v) is 6.04. The van der Waals surface area contributed by atoms with Gasteiger partial charge in [0, 0.05) is 16.4 Å². The molecule has 1 nitrogen and oxygen atoms in total. The summed E-state index contributed by atoms with van der Waals surface area (Å²) < 4.78 is 0. The lowest BCUT2D eigenvalue weighted by atomic mass is 9.81. The maximum Gasteiger partial charge on any atom is 0.0709 e. The fourth-order valence-corrected chi connectivity index (χ4v) is 4.39. The fraction of sp³-hybridized carbons (Fsp3) is 0.192. The van der Waals surface area contributed by atoms with Gasteiger partial charge in [0.25, 0.3) is 0 Å². The lowest BCUT2D eigenvalue weighted by Gasteiger charge is -2.22. The monoisotopic (exact) mass is 349 g/mol. The third kappa shape index (κ3) is 2.42. The first kappa shape index (κ1) is 16.3. The third-order valence-electron chi connectivity index (χ3n) is 6.04. The molecule has 0 N–H and O–H groups in total. The first-order chi connectivity index (χ1) is 13.1. The van der Waals surface area contributed by atoms with E-state index in [1.807, 2.05) is 6.07 Å². The van der Waals surface area contributed by atoms with Crippen LogP contribution in [-0.4, -0.2) is 4.98 Å². The number of aryl methyl sites for hydroxylation is 1. The number of fused-ring (bicyclic) bond motifs is 4. The highest BCUT2D eigenvalue weighted by Gasteiger charge is 2.35. The predicted molar refractivity (Wildman–Crippen MR) is 114 cm³/mol. The lowest BCUT2D eigenvalue weighted by Crippen LogP contribution is -2.15. The zero-order valence-corrected chi connectivity index (χ0v) is 16.1. The molecule has 3 aromatic carbocycles. The van der Waals surface area contributed by atoms with Crippen LogP contribution in [0.3, 0.4) is 0 Å². The molecular formula is C26H23N. The highest BCUT2D eigenvalue weighted by Crippen LogP contribution is 2.49. The van der Waals surface area contributed by atoms with Gasteiger partial charge in [0.15, 0.2) is 0 Å². The lowest BCUT2D eigenvalue weighted by molar-refractivity contribution is 0.659. The summed E-state index contributed by atoms with van der Waals surface area (Å²) in [7, 11) is 0. The highest BCUT2D eigenvalue weighted by atomic mass is 14.7. The Balaban J connectivity index is 1.66. The Labute approximate surface area is 160 Å². The van der Waals surface area contributed by atoms with Crippen LogP contribution < -0.4 is 0 Å². The number of para-hydroxylation sites is 1. The summed E-state index contributed by atoms with van der Waals surface area (Å²) in [4.78, 5) is 4.90. The Kier molecular flexibility index (Phi) is 3.48. The molecule has 27 heavy (non-hydrogen) atoms. The van der Waals surface area contributed by atoms with Gasteiger partial charge in [-0.15, -0.1) is 0 Å². The molecule has 0 fully saturated rings. The van der Waals surface area contributed by atoms with Crippen LogP contribution in [0.1, 0.15) is 37.5 Å². The molecule has 1 heteroatoms. The van der Waals surface area contributed by atoms with Gasteiger partial charge >= 0.3 is 0 Å². The van der Waals surface area contributed by atoms with Gasteiger partial charge in [-0.25, -0.2) is 4.98 Å². The van der Waals surface area contributed by atoms with E-state index in [0.29, 0.717) is 0 Å². The van der Waals surface area contributed by atoms with Gasteiger partial charge < -0.3 is 0 Å². The van der Waals surface area contributed by atoms with Gasteiger partial charge in [-0.3, -0.25) is 0 Å². The van der Waals surface area contributed by atoms with Crippen molar-refractivity contribution < 1.29 is 0 Å². The maximum atomic E-state index is 4.90. The molecule has 1 aliphatic rings. The van der Waals surface area contributed by atoms with E-state index in [0.717, 1.165) is 17.6 Å². The van der Waals surface area contributed by atoms with Crippen LogP contribution in [0.4, 0.5) is 0 Å². The molecule has 0 bridgehead atoms. The molecule has 1 aromatic heterocycles. The first-order valence-corrected chi connectivity index (χ1v) is 9.72. The zero-order chi connectivity index (χ0) is 18.6. The van der Waals surface area contributed by atoms with Crippen molar-refractivity contribution in [3.8, 4) is 22.4 Å². The number of nitrogens with zero attached hydrogens (tertiary/aromatic N) is 1. The van der Waals surface area contributed by atoms with E-state index >= 15 is 0 Å². The largest absolute Gasteiger partial charge is 0.248 e. The summed E-state index contributed by atoms with van der Waals surface area (Å²) in [5.41, 5.74) is 10.3. The molecule has 5 rings (SSSR count). The van der Waals surface area contributed by atoms with Crippen molar-refractivity contribution in [2.75, 3.05) is 0 Å². The molecule has 0 amide bonds. The first-order valence-electron chi connectivity index (χ1n) is 9.72. The van der Waals surface area contributed by atoms with Crippen LogP contribution in [0.25, 0.3) is 33.3 Å². The van der Waals surface area contributed by atoms with Crippen LogP contribution in [-0.2, 0) is 11.8 Å². The molecule has 132 valence electrons. The number of aromatic nitrogens is 1. The smallest absolute Gasteiger partial charge is 0.0709 e. The Morgan fingerprint density at radius 3 is 2.33 bits per heavy atom. The summed E-state index contributed by atoms with van der Waals surface area (Å²) in [5, 5.41) is 1.18. The molecule has 0 atom stereocenters. The van der Waals surface area contributed by atoms with Gasteiger partial charge in [-0.2, -0.15) is 0 Å². The summed E-state index contributed by atoms with van der Waals surface area (Å²) in [6.07, 6.45) is 1.08. The summed E-state index contributed by atoms with van der Waals surface area (Å²) in [6, 6.07) is 26.4. The van der Waals surface area contributed by atoms with Crippen molar-refractivity contribution in [3.05, 3.63) is 89.5 Å². The molecule has 0 saturated heterocycles. The van der Waals surface area contributed by atoms with Gasteiger partial charge in [0.05, 0.1) is 11.2 Å². The second-order valence-electron chi connectivity index (χ2n) is 8.01. The van der Waals surface area contributed by atoms with E-state index < -0.39 is 0 Å². The minimum absolute atomic E-state index is 0.0166. The molecule has 4 aromatic rings. The van der Waals surface area contributed by atoms with Crippen molar-refractivity contribution in [1.29, 1.82) is 0 Å². The molecule has 0 aliphatic heterocycles. The van der Waals surface area contributed by atoms with Crippen molar-refractivity contribution in [1.82, 2.24) is 4.98 Å². The summed E-state index contributed by atoms with van der Waals surface area (Å²) in [6.45, 7) is 6.91. The second-order valence-corrected chi connectivity index (χ2v) is 8.01. The van der Waals surface area contributed by atoms with Crippen molar-refractivity contribution in [2.45, 2.75) is 32.6 Å². The highest BCUT2D eigenvalue weighted by molar-refractivity contribution is 5.85. The Hall–Kier alpha value is -2.93. The molecule has 0 saturated carbocycles. The number of rotatable bonds is 2. The Morgan fingerprint density at radius 1 is 0.778 bits per heavy atom. The van der Waals surface area contributed by atoms with E-state index in [4.69, 9.17) is 4.98 Å². The summed E-state index contributed by atoms with van der Waals surface area (Å²) in [5.74, 6) is 0. The quantitative estimate of drug-likeness (QED) is 0.389. The topological polar surface area (TPSA) is 12.9 Å². The molecule has 0 radical (unpaired) electrons. The van der Waals surface area contributed by atoms with E-state index in [1.54, 1.807) is 0 Å². The van der Waals surface area contributed by atoms with E-state index in [9.17, 15) is 0 Å². The molecule has 1 heterocycles. The van der Waals surface area contributed by atoms with Gasteiger partial charge in [-0.05, 0) is 52.4 Å². The van der Waals surface area contributed by atoms with Crippen molar-refractivity contribution in [3.63, 3.8) is 0 Å². The zero-order valence-electron chi connectivity index (χ0n) is 16.1. The van der Waals surface area contributed by atoms with E-state index in [2.05, 4.69) is 87.5 Å². The Morgan fingerprint density at radius 2 is 1.52 bits per heavy atom. The minimum Gasteiger partial charge on any atom is -0.248 e. The maximum absolute atomic E-state index is 4.90. The number of hydrogen-bond acceptors (Lipinski definition) is 1. The predicted octanol–water partition coefficient (Wildman–Crippen LogP) is 6.77. The van der Waals surface area contributed by atoms with Crippen LogP contribution in [0.2, 0.25) is 0 Å². The molecular weight excluding hydrogens is 326 g/mol. The van der Waals surface area contributed by atoms with Crippen molar-refractivity contribution >= 4 is 10.9 Å². The van der Waals surface area contributed by atoms with Crippen molar-refractivity contribution in [2.24, 2.45) is 0 Å². The average molecular weight is 349 g/mol. The van der Waals surface area contributed by atoms with Gasteiger partial charge in [-0.1, -0.05) is 75.4 Å². The second kappa shape index (κ2) is 5.79. The number of benzene rings is 3. The Bertz CT molecular complexity index is 1180. The van der Waals surface area contributed by atoms with Gasteiger partial charge in [0.1, 0.15) is 0 Å². The van der Waals surface area contributed by atoms with Gasteiger partial charge in [0.2, 0.25) is 0 Å². The minimum atomic E-state index is 0.0166. The summed E-state index contributed by atoms with van der Waals surface area (Å²) >= 11 is 0. The van der Waals surface area contributed by atoms with E-state index in [1.165, 1.54) is 38.8 Å². The average Bonchev–Trinajstić information content (AvgIpc) is 2.94. The standard InChI is InChI=1S/C26H23N/c1-4-17-9-12-20-21-13-10-19(16-23(21)26(2,3)22(20)15-17)25-14-11-18-7-5-6-8-24(18)27-25/h5-16H,4H2,1-3H3. The molecule has 1 aliphatic carbocycles. The number of pyridine rings is 1. The van der Waals surface area contributed by atoms with Crippen LogP contribution in [0.5, 0.6) is 0 Å². The SMILES string of the molecule is CCc1ccc2c(c1)C(C)(C)c1cc(-c3ccc4ccccc4n3)ccc1-2. The molecule has 0 unspecified atom stereocenters. The molecule has 0 spiro atoms. The number of hydrogen-bond donors (Lipinski definition) is 0.